The van der Waals surface area contributed by atoms with Crippen LogP contribution in [0.3, 0.4) is 0 Å². The minimum atomic E-state index is -0.301. The first-order valence-electron chi connectivity index (χ1n) is 10.5. The first-order valence-corrected chi connectivity index (χ1v) is 10.5. The van der Waals surface area contributed by atoms with Crippen molar-refractivity contribution in [3.05, 3.63) is 82.7 Å². The highest BCUT2D eigenvalue weighted by Crippen LogP contribution is 2.47. The highest BCUT2D eigenvalue weighted by atomic mass is 19.1. The second kappa shape index (κ2) is 7.57. The molecule has 1 spiro atoms. The van der Waals surface area contributed by atoms with Crippen LogP contribution in [0.4, 0.5) is 14.5 Å². The monoisotopic (exact) mass is 423 g/mol. The predicted molar refractivity (Wildman–Crippen MR) is 112 cm³/mol. The summed E-state index contributed by atoms with van der Waals surface area (Å²) in [5.74, 6) is -0.193. The first kappa shape index (κ1) is 19.9. The van der Waals surface area contributed by atoms with E-state index >= 15 is 0 Å². The number of nitrogens with zero attached hydrogens (tertiary/aromatic N) is 3. The van der Waals surface area contributed by atoms with Gasteiger partial charge in [0.1, 0.15) is 17.4 Å². The van der Waals surface area contributed by atoms with Gasteiger partial charge in [-0.3, -0.25) is 9.69 Å². The van der Waals surface area contributed by atoms with Crippen LogP contribution in [0.25, 0.3) is 0 Å². The Morgan fingerprint density at radius 3 is 2.58 bits per heavy atom. The van der Waals surface area contributed by atoms with Gasteiger partial charge in [0.2, 0.25) is 0 Å². The van der Waals surface area contributed by atoms with E-state index in [-0.39, 0.29) is 28.7 Å². The van der Waals surface area contributed by atoms with Crippen LogP contribution in [0.15, 0.2) is 53.1 Å². The van der Waals surface area contributed by atoms with E-state index < -0.39 is 0 Å². The zero-order chi connectivity index (χ0) is 21.6. The summed E-state index contributed by atoms with van der Waals surface area (Å²) in [6.07, 6.45) is 1.58. The van der Waals surface area contributed by atoms with Crippen molar-refractivity contribution in [3.8, 4) is 0 Å². The van der Waals surface area contributed by atoms with Crippen LogP contribution in [0.2, 0.25) is 0 Å². The lowest BCUT2D eigenvalue weighted by Crippen LogP contribution is -2.45. The molecule has 3 aromatic rings. The van der Waals surface area contributed by atoms with E-state index in [2.05, 4.69) is 10.1 Å². The quantitative estimate of drug-likeness (QED) is 0.624. The van der Waals surface area contributed by atoms with E-state index in [1.165, 1.54) is 12.1 Å². The molecule has 1 saturated heterocycles. The summed E-state index contributed by atoms with van der Waals surface area (Å²) in [5, 5.41) is 3.87. The summed E-state index contributed by atoms with van der Waals surface area (Å²) < 4.78 is 32.8. The van der Waals surface area contributed by atoms with Crippen LogP contribution in [0.5, 0.6) is 0 Å². The molecule has 7 heteroatoms. The zero-order valence-corrected chi connectivity index (χ0v) is 17.3. The Morgan fingerprint density at radius 2 is 1.87 bits per heavy atom. The van der Waals surface area contributed by atoms with Crippen LogP contribution in [-0.4, -0.2) is 35.6 Å². The number of aromatic nitrogens is 1. The lowest BCUT2D eigenvalue weighted by Gasteiger charge is -2.40. The molecule has 0 unspecified atom stereocenters. The zero-order valence-electron chi connectivity index (χ0n) is 17.3. The number of aryl methyl sites for hydroxylation is 1. The molecule has 5 rings (SSSR count). The van der Waals surface area contributed by atoms with Crippen molar-refractivity contribution in [1.82, 2.24) is 10.1 Å². The van der Waals surface area contributed by atoms with Gasteiger partial charge in [-0.15, -0.1) is 0 Å². The summed E-state index contributed by atoms with van der Waals surface area (Å²) in [6.45, 7) is 4.48. The van der Waals surface area contributed by atoms with E-state index in [4.69, 9.17) is 4.52 Å². The average molecular weight is 423 g/mol. The number of likely N-dealkylation sites (tertiary alicyclic amines) is 1. The molecule has 31 heavy (non-hydrogen) atoms. The van der Waals surface area contributed by atoms with E-state index in [9.17, 15) is 13.6 Å². The Hall–Kier alpha value is -3.06. The fraction of sp³-hybridized carbons (Fsp3) is 0.333. The highest BCUT2D eigenvalue weighted by molar-refractivity contribution is 6.06. The van der Waals surface area contributed by atoms with E-state index in [1.54, 1.807) is 42.2 Å². The standard InChI is InChI=1S/C24H23F2N3O2/c1-16-11-21(27-31-16)23(30)29-15-24(20-13-19(26)5-6-22(20)29)7-9-28(10-8-24)14-17-3-2-4-18(25)12-17/h2-6,11-13H,7-10,14-15H2,1H3. The van der Waals surface area contributed by atoms with Crippen molar-refractivity contribution in [2.45, 2.75) is 31.7 Å². The second-order valence-electron chi connectivity index (χ2n) is 8.56. The number of hydrogen-bond donors (Lipinski definition) is 0. The maximum Gasteiger partial charge on any atom is 0.280 e. The molecule has 2 aliphatic heterocycles. The molecule has 1 aromatic heterocycles. The molecular weight excluding hydrogens is 400 g/mol. The molecule has 0 saturated carbocycles. The number of amides is 1. The van der Waals surface area contributed by atoms with Gasteiger partial charge >= 0.3 is 0 Å². The Bertz CT molecular complexity index is 1140. The van der Waals surface area contributed by atoms with Gasteiger partial charge in [-0.2, -0.15) is 0 Å². The van der Waals surface area contributed by atoms with Gasteiger partial charge < -0.3 is 9.42 Å². The molecule has 2 aliphatic rings. The number of fused-ring (bicyclic) bond motifs is 2. The third-order valence-electron chi connectivity index (χ3n) is 6.48. The smallest absolute Gasteiger partial charge is 0.280 e. The molecule has 0 aliphatic carbocycles. The molecule has 3 heterocycles. The molecule has 160 valence electrons. The van der Waals surface area contributed by atoms with Gasteiger partial charge in [-0.1, -0.05) is 17.3 Å². The van der Waals surface area contributed by atoms with Gasteiger partial charge in [-0.05, 0) is 74.3 Å². The molecule has 0 bridgehead atoms. The van der Waals surface area contributed by atoms with Gasteiger partial charge in [0.25, 0.3) is 5.91 Å². The Balaban J connectivity index is 1.38. The van der Waals surface area contributed by atoms with Gasteiger partial charge in [0, 0.05) is 30.3 Å². The largest absolute Gasteiger partial charge is 0.361 e. The second-order valence-corrected chi connectivity index (χ2v) is 8.56. The summed E-state index contributed by atoms with van der Waals surface area (Å²) in [5.41, 5.74) is 2.52. The Morgan fingerprint density at radius 1 is 1.10 bits per heavy atom. The molecule has 0 atom stereocenters. The predicted octanol–water partition coefficient (Wildman–Crippen LogP) is 4.46. The third kappa shape index (κ3) is 3.63. The summed E-state index contributed by atoms with van der Waals surface area (Å²) in [6, 6.07) is 12.9. The normalized spacial score (nSPS) is 17.8. The van der Waals surface area contributed by atoms with Gasteiger partial charge in [0.15, 0.2) is 5.69 Å². The number of halogens is 2. The lowest BCUT2D eigenvalue weighted by atomic mass is 9.74. The van der Waals surface area contributed by atoms with Crippen LogP contribution in [0.1, 0.15) is 40.2 Å². The number of hydrogen-bond acceptors (Lipinski definition) is 4. The van der Waals surface area contributed by atoms with E-state index in [0.29, 0.717) is 18.8 Å². The van der Waals surface area contributed by atoms with Crippen molar-refractivity contribution in [3.63, 3.8) is 0 Å². The summed E-state index contributed by atoms with van der Waals surface area (Å²) in [4.78, 5) is 17.1. The number of benzene rings is 2. The maximum atomic E-state index is 14.2. The molecule has 0 radical (unpaired) electrons. The molecule has 0 N–H and O–H groups in total. The van der Waals surface area contributed by atoms with Crippen molar-refractivity contribution in [2.24, 2.45) is 0 Å². The van der Waals surface area contributed by atoms with Crippen molar-refractivity contribution < 1.29 is 18.1 Å². The number of carbonyl (C=O) groups is 1. The van der Waals surface area contributed by atoms with E-state index in [0.717, 1.165) is 42.7 Å². The van der Waals surface area contributed by atoms with Gasteiger partial charge in [-0.25, -0.2) is 8.78 Å². The minimum absolute atomic E-state index is 0.233. The first-order chi connectivity index (χ1) is 14.9. The number of rotatable bonds is 3. The van der Waals surface area contributed by atoms with Crippen LogP contribution < -0.4 is 4.90 Å². The maximum absolute atomic E-state index is 14.2. The number of carbonyl (C=O) groups excluding carboxylic acids is 1. The van der Waals surface area contributed by atoms with Crippen LogP contribution in [0, 0.1) is 18.6 Å². The van der Waals surface area contributed by atoms with Crippen LogP contribution >= 0.6 is 0 Å². The number of piperidine rings is 1. The fourth-order valence-corrected chi connectivity index (χ4v) is 4.89. The molecular formula is C24H23F2N3O2. The Kier molecular flexibility index (Phi) is 4.85. The fourth-order valence-electron chi connectivity index (χ4n) is 4.89. The van der Waals surface area contributed by atoms with Crippen molar-refractivity contribution >= 4 is 11.6 Å². The number of anilines is 1. The molecule has 5 nitrogen and oxygen atoms in total. The SMILES string of the molecule is Cc1cc(C(=O)N2CC3(CCN(Cc4cccc(F)c4)CC3)c3cc(F)ccc32)no1. The topological polar surface area (TPSA) is 49.6 Å². The lowest BCUT2D eigenvalue weighted by molar-refractivity contribution is 0.0967. The Labute approximate surface area is 179 Å². The summed E-state index contributed by atoms with van der Waals surface area (Å²) in [7, 11) is 0. The van der Waals surface area contributed by atoms with E-state index in [1.807, 2.05) is 6.07 Å². The van der Waals surface area contributed by atoms with Crippen molar-refractivity contribution in [1.29, 1.82) is 0 Å². The third-order valence-corrected chi connectivity index (χ3v) is 6.48. The van der Waals surface area contributed by atoms with Gasteiger partial charge in [0.05, 0.1) is 0 Å². The molecule has 1 amide bonds. The molecule has 2 aromatic carbocycles. The minimum Gasteiger partial charge on any atom is -0.361 e. The summed E-state index contributed by atoms with van der Waals surface area (Å²) >= 11 is 0. The van der Waals surface area contributed by atoms with Crippen LogP contribution in [-0.2, 0) is 12.0 Å². The highest BCUT2D eigenvalue weighted by Gasteiger charge is 2.47. The average Bonchev–Trinajstić information content (AvgIpc) is 3.31. The van der Waals surface area contributed by atoms with Crippen molar-refractivity contribution in [2.75, 3.05) is 24.5 Å². The molecule has 1 fully saturated rings.